The quantitative estimate of drug-likeness (QED) is 0.217. The molecule has 41 heavy (non-hydrogen) atoms. The van der Waals surface area contributed by atoms with Crippen LogP contribution in [0.5, 0.6) is 0 Å². The standard InChI is InChI=1S/C38H23NOS/c1-2-11-25(12-3-1)39-32-18-8-6-15-29(32)38-37(39)31-23-24(21-22-33(31)40-38)26-13-4-5-14-27(26)28-17-10-20-35-36(28)30-16-7-9-19-34(30)41-35/h1-23H. The number of fused-ring (bicyclic) bond motifs is 8. The van der Waals surface area contributed by atoms with Crippen molar-refractivity contribution in [2.45, 2.75) is 0 Å². The van der Waals surface area contributed by atoms with E-state index in [1.54, 1.807) is 0 Å². The third kappa shape index (κ3) is 3.30. The highest BCUT2D eigenvalue weighted by Gasteiger charge is 2.20. The second kappa shape index (κ2) is 8.69. The molecular formula is C38H23NOS. The van der Waals surface area contributed by atoms with Gasteiger partial charge in [0.2, 0.25) is 0 Å². The number of para-hydroxylation sites is 2. The molecule has 0 unspecified atom stereocenters. The number of aromatic nitrogens is 1. The van der Waals surface area contributed by atoms with Gasteiger partial charge in [-0.3, -0.25) is 0 Å². The van der Waals surface area contributed by atoms with Gasteiger partial charge in [-0.05, 0) is 70.8 Å². The molecule has 0 spiro atoms. The van der Waals surface area contributed by atoms with Crippen molar-refractivity contribution in [1.29, 1.82) is 0 Å². The number of hydrogen-bond acceptors (Lipinski definition) is 2. The fourth-order valence-electron chi connectivity index (χ4n) is 6.45. The number of furan rings is 1. The van der Waals surface area contributed by atoms with Crippen LogP contribution >= 0.6 is 11.3 Å². The van der Waals surface area contributed by atoms with E-state index in [9.17, 15) is 0 Å². The summed E-state index contributed by atoms with van der Waals surface area (Å²) >= 11 is 1.86. The molecule has 0 amide bonds. The fourth-order valence-corrected chi connectivity index (χ4v) is 7.58. The average Bonchev–Trinajstić information content (AvgIpc) is 3.70. The summed E-state index contributed by atoms with van der Waals surface area (Å²) in [5.41, 5.74) is 10.1. The number of hydrogen-bond donors (Lipinski definition) is 0. The van der Waals surface area contributed by atoms with E-state index in [0.29, 0.717) is 0 Å². The smallest absolute Gasteiger partial charge is 0.161 e. The second-order valence-corrected chi connectivity index (χ2v) is 11.6. The first kappa shape index (κ1) is 22.7. The molecule has 0 radical (unpaired) electrons. The summed E-state index contributed by atoms with van der Waals surface area (Å²) in [4.78, 5) is 0. The zero-order valence-electron chi connectivity index (χ0n) is 22.0. The van der Waals surface area contributed by atoms with E-state index in [-0.39, 0.29) is 0 Å². The van der Waals surface area contributed by atoms with Gasteiger partial charge in [-0.25, -0.2) is 0 Å². The first-order valence-corrected chi connectivity index (χ1v) is 14.7. The van der Waals surface area contributed by atoms with Crippen molar-refractivity contribution >= 4 is 64.5 Å². The van der Waals surface area contributed by atoms with E-state index in [0.717, 1.165) is 38.7 Å². The molecule has 0 aliphatic rings. The molecule has 3 heteroatoms. The van der Waals surface area contributed by atoms with Gasteiger partial charge in [0.1, 0.15) is 11.1 Å². The van der Waals surface area contributed by atoms with Gasteiger partial charge in [-0.2, -0.15) is 0 Å². The number of thiophene rings is 1. The fraction of sp³-hybridized carbons (Fsp3) is 0. The van der Waals surface area contributed by atoms with Gasteiger partial charge >= 0.3 is 0 Å². The highest BCUT2D eigenvalue weighted by atomic mass is 32.1. The molecule has 3 heterocycles. The molecular weight excluding hydrogens is 518 g/mol. The Morgan fingerprint density at radius 1 is 0.512 bits per heavy atom. The minimum atomic E-state index is 0.901. The summed E-state index contributed by atoms with van der Waals surface area (Å²) in [5.74, 6) is 0. The van der Waals surface area contributed by atoms with Crippen molar-refractivity contribution in [3.8, 4) is 27.9 Å². The van der Waals surface area contributed by atoms with Gasteiger partial charge in [0.05, 0.1) is 5.52 Å². The maximum Gasteiger partial charge on any atom is 0.161 e. The Labute approximate surface area is 240 Å². The first-order chi connectivity index (χ1) is 20.3. The number of benzene rings is 6. The Morgan fingerprint density at radius 3 is 2.12 bits per heavy atom. The van der Waals surface area contributed by atoms with E-state index in [1.807, 2.05) is 11.3 Å². The second-order valence-electron chi connectivity index (χ2n) is 10.5. The lowest BCUT2D eigenvalue weighted by Gasteiger charge is -2.12. The molecule has 6 aromatic carbocycles. The molecule has 9 rings (SSSR count). The summed E-state index contributed by atoms with van der Waals surface area (Å²) in [6.45, 7) is 0. The van der Waals surface area contributed by atoms with Crippen molar-refractivity contribution < 1.29 is 4.42 Å². The lowest BCUT2D eigenvalue weighted by molar-refractivity contribution is 0.673. The molecule has 0 atom stereocenters. The molecule has 0 saturated heterocycles. The highest BCUT2D eigenvalue weighted by molar-refractivity contribution is 7.25. The lowest BCUT2D eigenvalue weighted by atomic mass is 9.91. The Balaban J connectivity index is 1.33. The van der Waals surface area contributed by atoms with Crippen molar-refractivity contribution in [1.82, 2.24) is 4.57 Å². The SMILES string of the molecule is c1ccc(-n2c3ccccc3c3oc4ccc(-c5ccccc5-c5cccc6sc7ccccc7c56)cc4c32)cc1. The predicted molar refractivity (Wildman–Crippen MR) is 174 cm³/mol. The van der Waals surface area contributed by atoms with Gasteiger partial charge in [0, 0.05) is 36.6 Å². The zero-order chi connectivity index (χ0) is 26.9. The topological polar surface area (TPSA) is 18.1 Å². The molecule has 0 fully saturated rings. The lowest BCUT2D eigenvalue weighted by Crippen LogP contribution is -1.93. The summed E-state index contributed by atoms with van der Waals surface area (Å²) in [6.07, 6.45) is 0. The molecule has 2 nitrogen and oxygen atoms in total. The van der Waals surface area contributed by atoms with E-state index in [4.69, 9.17) is 4.42 Å². The van der Waals surface area contributed by atoms with Crippen LogP contribution in [0.1, 0.15) is 0 Å². The van der Waals surface area contributed by atoms with Gasteiger partial charge in [0.25, 0.3) is 0 Å². The third-order valence-electron chi connectivity index (χ3n) is 8.22. The number of rotatable bonds is 3. The third-order valence-corrected chi connectivity index (χ3v) is 9.36. The Bertz CT molecular complexity index is 2420. The van der Waals surface area contributed by atoms with Crippen molar-refractivity contribution in [2.75, 3.05) is 0 Å². The van der Waals surface area contributed by atoms with Crippen molar-refractivity contribution in [2.24, 2.45) is 0 Å². The van der Waals surface area contributed by atoms with Crippen molar-refractivity contribution in [3.63, 3.8) is 0 Å². The van der Waals surface area contributed by atoms with Crippen LogP contribution < -0.4 is 0 Å². The van der Waals surface area contributed by atoms with Crippen LogP contribution in [0, 0.1) is 0 Å². The predicted octanol–water partition coefficient (Wildman–Crippen LogP) is 11.2. The van der Waals surface area contributed by atoms with Crippen LogP contribution in [0.15, 0.2) is 144 Å². The van der Waals surface area contributed by atoms with Gasteiger partial charge < -0.3 is 8.98 Å². The van der Waals surface area contributed by atoms with E-state index >= 15 is 0 Å². The first-order valence-electron chi connectivity index (χ1n) is 13.9. The average molecular weight is 542 g/mol. The monoisotopic (exact) mass is 541 g/mol. The van der Waals surface area contributed by atoms with Crippen LogP contribution in [0.4, 0.5) is 0 Å². The summed E-state index contributed by atoms with van der Waals surface area (Å²) in [7, 11) is 0. The minimum absolute atomic E-state index is 0.901. The van der Waals surface area contributed by atoms with Gasteiger partial charge in [-0.1, -0.05) is 91.0 Å². The maximum atomic E-state index is 6.55. The van der Waals surface area contributed by atoms with E-state index < -0.39 is 0 Å². The van der Waals surface area contributed by atoms with Crippen LogP contribution in [0.25, 0.3) is 81.1 Å². The normalized spacial score (nSPS) is 11.9. The molecule has 0 aliphatic carbocycles. The van der Waals surface area contributed by atoms with Crippen LogP contribution in [-0.4, -0.2) is 4.57 Å². The molecule has 0 bridgehead atoms. The Kier molecular flexibility index (Phi) is 4.80. The summed E-state index contributed by atoms with van der Waals surface area (Å²) in [5, 5.41) is 4.89. The molecule has 192 valence electrons. The van der Waals surface area contributed by atoms with Gasteiger partial charge in [-0.15, -0.1) is 11.3 Å². The molecule has 0 saturated carbocycles. The molecule has 3 aromatic heterocycles. The van der Waals surface area contributed by atoms with Crippen LogP contribution in [0.2, 0.25) is 0 Å². The Hall–Kier alpha value is -5.12. The van der Waals surface area contributed by atoms with Gasteiger partial charge in [0.15, 0.2) is 5.58 Å². The minimum Gasteiger partial charge on any atom is -0.454 e. The van der Waals surface area contributed by atoms with Crippen LogP contribution in [0.3, 0.4) is 0 Å². The summed E-state index contributed by atoms with van der Waals surface area (Å²) in [6, 6.07) is 49.9. The van der Waals surface area contributed by atoms with Crippen LogP contribution in [-0.2, 0) is 0 Å². The molecule has 0 aliphatic heterocycles. The van der Waals surface area contributed by atoms with Crippen molar-refractivity contribution in [3.05, 3.63) is 140 Å². The van der Waals surface area contributed by atoms with E-state index in [2.05, 4.69) is 144 Å². The molecule has 0 N–H and O–H groups in total. The number of nitrogens with zero attached hydrogens (tertiary/aromatic N) is 1. The maximum absolute atomic E-state index is 6.55. The largest absolute Gasteiger partial charge is 0.454 e. The zero-order valence-corrected chi connectivity index (χ0v) is 22.9. The Morgan fingerprint density at radius 2 is 1.22 bits per heavy atom. The summed E-state index contributed by atoms with van der Waals surface area (Å²) < 4.78 is 11.5. The van der Waals surface area contributed by atoms with E-state index in [1.165, 1.54) is 42.4 Å². The highest BCUT2D eigenvalue weighted by Crippen LogP contribution is 2.44. The molecule has 9 aromatic rings.